The molecule has 1 heterocycles. The van der Waals surface area contributed by atoms with Crippen molar-refractivity contribution in [1.82, 2.24) is 15.1 Å². The van der Waals surface area contributed by atoms with Gasteiger partial charge in [-0.25, -0.2) is 4.68 Å². The summed E-state index contributed by atoms with van der Waals surface area (Å²) in [5.74, 6) is 0. The van der Waals surface area contributed by atoms with E-state index in [9.17, 15) is 4.79 Å². The third-order valence-electron chi connectivity index (χ3n) is 2.56. The summed E-state index contributed by atoms with van der Waals surface area (Å²) in [6.45, 7) is 7.86. The molecule has 1 atom stereocenters. The SMILES string of the molecule is CCNC(C)CCCn1nc(C)ccc1=O. The molecule has 0 aliphatic rings. The Labute approximate surface area is 96.7 Å². The molecule has 1 aromatic heterocycles. The maximum absolute atomic E-state index is 11.5. The van der Waals surface area contributed by atoms with Crippen molar-refractivity contribution in [1.29, 1.82) is 0 Å². The lowest BCUT2D eigenvalue weighted by molar-refractivity contribution is 0.461. The second-order valence-electron chi connectivity index (χ2n) is 4.14. The summed E-state index contributed by atoms with van der Waals surface area (Å²) < 4.78 is 1.55. The van der Waals surface area contributed by atoms with E-state index in [-0.39, 0.29) is 5.56 Å². The van der Waals surface area contributed by atoms with Gasteiger partial charge in [0.15, 0.2) is 0 Å². The molecule has 1 rings (SSSR count). The van der Waals surface area contributed by atoms with Gasteiger partial charge in [-0.15, -0.1) is 0 Å². The average Bonchev–Trinajstić information content (AvgIpc) is 2.23. The topological polar surface area (TPSA) is 46.9 Å². The highest BCUT2D eigenvalue weighted by Gasteiger charge is 2.01. The number of nitrogens with one attached hydrogen (secondary N) is 1. The van der Waals surface area contributed by atoms with Gasteiger partial charge in [-0.3, -0.25) is 4.79 Å². The quantitative estimate of drug-likeness (QED) is 0.791. The molecule has 0 aliphatic heterocycles. The lowest BCUT2D eigenvalue weighted by Crippen LogP contribution is -2.27. The number of aryl methyl sites for hydroxylation is 2. The molecule has 0 aromatic carbocycles. The van der Waals surface area contributed by atoms with Crippen LogP contribution in [0.4, 0.5) is 0 Å². The molecule has 0 spiro atoms. The van der Waals surface area contributed by atoms with Crippen LogP contribution in [0.2, 0.25) is 0 Å². The molecule has 0 amide bonds. The van der Waals surface area contributed by atoms with Crippen LogP contribution in [-0.2, 0) is 6.54 Å². The molecule has 0 saturated carbocycles. The fourth-order valence-corrected chi connectivity index (χ4v) is 1.71. The van der Waals surface area contributed by atoms with E-state index in [1.807, 2.05) is 6.92 Å². The Kier molecular flexibility index (Phi) is 5.19. The van der Waals surface area contributed by atoms with Crippen molar-refractivity contribution in [2.75, 3.05) is 6.54 Å². The Hall–Kier alpha value is -1.16. The van der Waals surface area contributed by atoms with E-state index in [1.165, 1.54) is 0 Å². The summed E-state index contributed by atoms with van der Waals surface area (Å²) in [6.07, 6.45) is 2.04. The molecule has 90 valence electrons. The van der Waals surface area contributed by atoms with Crippen LogP contribution >= 0.6 is 0 Å². The van der Waals surface area contributed by atoms with Gasteiger partial charge in [0.25, 0.3) is 5.56 Å². The molecule has 0 aliphatic carbocycles. The molecule has 1 unspecified atom stereocenters. The standard InChI is InChI=1S/C12H21N3O/c1-4-13-10(2)6-5-9-15-12(16)8-7-11(3)14-15/h7-8,10,13H,4-6,9H2,1-3H3. The van der Waals surface area contributed by atoms with E-state index >= 15 is 0 Å². The third-order valence-corrected chi connectivity index (χ3v) is 2.56. The first-order valence-electron chi connectivity index (χ1n) is 5.91. The van der Waals surface area contributed by atoms with Crippen LogP contribution in [0.5, 0.6) is 0 Å². The molecule has 16 heavy (non-hydrogen) atoms. The van der Waals surface area contributed by atoms with Gasteiger partial charge in [-0.1, -0.05) is 6.92 Å². The average molecular weight is 223 g/mol. The van der Waals surface area contributed by atoms with Gasteiger partial charge in [-0.2, -0.15) is 5.10 Å². The van der Waals surface area contributed by atoms with Gasteiger partial charge >= 0.3 is 0 Å². The van der Waals surface area contributed by atoms with Gasteiger partial charge in [0.2, 0.25) is 0 Å². The van der Waals surface area contributed by atoms with Crippen LogP contribution < -0.4 is 10.9 Å². The molecular formula is C12H21N3O. The Morgan fingerprint density at radius 1 is 1.50 bits per heavy atom. The van der Waals surface area contributed by atoms with E-state index in [0.717, 1.165) is 25.1 Å². The molecule has 4 heteroatoms. The van der Waals surface area contributed by atoms with Gasteiger partial charge in [0.1, 0.15) is 0 Å². The fraction of sp³-hybridized carbons (Fsp3) is 0.667. The zero-order valence-electron chi connectivity index (χ0n) is 10.4. The smallest absolute Gasteiger partial charge is 0.266 e. The van der Waals surface area contributed by atoms with Crippen molar-refractivity contribution in [3.63, 3.8) is 0 Å². The molecule has 4 nitrogen and oxygen atoms in total. The number of aromatic nitrogens is 2. The Bertz CT molecular complexity index is 373. The number of hydrogen-bond donors (Lipinski definition) is 1. The summed E-state index contributed by atoms with van der Waals surface area (Å²) in [4.78, 5) is 11.5. The van der Waals surface area contributed by atoms with Crippen molar-refractivity contribution in [2.45, 2.75) is 46.2 Å². The van der Waals surface area contributed by atoms with E-state index in [4.69, 9.17) is 0 Å². The van der Waals surface area contributed by atoms with E-state index in [0.29, 0.717) is 12.6 Å². The Morgan fingerprint density at radius 2 is 2.25 bits per heavy atom. The second kappa shape index (κ2) is 6.43. The lowest BCUT2D eigenvalue weighted by atomic mass is 10.2. The maximum Gasteiger partial charge on any atom is 0.266 e. The first-order valence-corrected chi connectivity index (χ1v) is 5.91. The predicted octanol–water partition coefficient (Wildman–Crippen LogP) is 1.33. The predicted molar refractivity (Wildman–Crippen MR) is 65.6 cm³/mol. The Balaban J connectivity index is 2.43. The zero-order valence-corrected chi connectivity index (χ0v) is 10.4. The van der Waals surface area contributed by atoms with Gasteiger partial charge < -0.3 is 5.32 Å². The normalized spacial score (nSPS) is 12.7. The third kappa shape index (κ3) is 4.14. The summed E-state index contributed by atoms with van der Waals surface area (Å²) in [7, 11) is 0. The summed E-state index contributed by atoms with van der Waals surface area (Å²) in [5, 5.41) is 7.55. The molecule has 0 saturated heterocycles. The van der Waals surface area contributed by atoms with Gasteiger partial charge in [0, 0.05) is 18.7 Å². The van der Waals surface area contributed by atoms with Crippen molar-refractivity contribution < 1.29 is 0 Å². The minimum absolute atomic E-state index is 0.0123. The van der Waals surface area contributed by atoms with Crippen LogP contribution in [0.25, 0.3) is 0 Å². The summed E-state index contributed by atoms with van der Waals surface area (Å²) >= 11 is 0. The van der Waals surface area contributed by atoms with E-state index in [1.54, 1.807) is 16.8 Å². The molecule has 0 bridgehead atoms. The van der Waals surface area contributed by atoms with Gasteiger partial charge in [0.05, 0.1) is 5.69 Å². The molecule has 0 radical (unpaired) electrons. The Morgan fingerprint density at radius 3 is 2.94 bits per heavy atom. The number of nitrogens with zero attached hydrogens (tertiary/aromatic N) is 2. The monoisotopic (exact) mass is 223 g/mol. The number of rotatable bonds is 6. The minimum Gasteiger partial charge on any atom is -0.315 e. The molecular weight excluding hydrogens is 202 g/mol. The van der Waals surface area contributed by atoms with Crippen molar-refractivity contribution in [3.05, 3.63) is 28.2 Å². The van der Waals surface area contributed by atoms with Crippen molar-refractivity contribution in [3.8, 4) is 0 Å². The fourth-order valence-electron chi connectivity index (χ4n) is 1.71. The molecule has 0 fully saturated rings. The molecule has 1 N–H and O–H groups in total. The number of hydrogen-bond acceptors (Lipinski definition) is 3. The second-order valence-corrected chi connectivity index (χ2v) is 4.14. The van der Waals surface area contributed by atoms with Gasteiger partial charge in [-0.05, 0) is 39.3 Å². The highest BCUT2D eigenvalue weighted by Crippen LogP contribution is 1.98. The largest absolute Gasteiger partial charge is 0.315 e. The lowest BCUT2D eigenvalue weighted by Gasteiger charge is -2.12. The van der Waals surface area contributed by atoms with Crippen LogP contribution in [-0.4, -0.2) is 22.4 Å². The van der Waals surface area contributed by atoms with Crippen molar-refractivity contribution >= 4 is 0 Å². The minimum atomic E-state index is -0.0123. The maximum atomic E-state index is 11.5. The summed E-state index contributed by atoms with van der Waals surface area (Å²) in [6, 6.07) is 3.83. The van der Waals surface area contributed by atoms with Crippen molar-refractivity contribution in [2.24, 2.45) is 0 Å². The molecule has 1 aromatic rings. The van der Waals surface area contributed by atoms with Crippen LogP contribution in [0.15, 0.2) is 16.9 Å². The van der Waals surface area contributed by atoms with E-state index < -0.39 is 0 Å². The first kappa shape index (κ1) is 12.9. The zero-order chi connectivity index (χ0) is 12.0. The summed E-state index contributed by atoms with van der Waals surface area (Å²) in [5.41, 5.74) is 0.876. The highest BCUT2D eigenvalue weighted by molar-refractivity contribution is 4.96. The van der Waals surface area contributed by atoms with E-state index in [2.05, 4.69) is 24.3 Å². The van der Waals surface area contributed by atoms with Crippen LogP contribution in [0, 0.1) is 6.92 Å². The first-order chi connectivity index (χ1) is 7.63. The highest BCUT2D eigenvalue weighted by atomic mass is 16.1. The van der Waals surface area contributed by atoms with Crippen LogP contribution in [0.3, 0.4) is 0 Å². The van der Waals surface area contributed by atoms with Crippen LogP contribution in [0.1, 0.15) is 32.4 Å².